The third-order valence-electron chi connectivity index (χ3n) is 4.16. The van der Waals surface area contributed by atoms with Crippen LogP contribution in [-0.4, -0.2) is 49.0 Å². The topological polar surface area (TPSA) is 120 Å². The Bertz CT molecular complexity index is 1040. The van der Waals surface area contributed by atoms with Crippen LogP contribution in [0.1, 0.15) is 15.9 Å². The fourth-order valence-electron chi connectivity index (χ4n) is 2.93. The van der Waals surface area contributed by atoms with E-state index >= 15 is 0 Å². The van der Waals surface area contributed by atoms with Crippen molar-refractivity contribution in [3.05, 3.63) is 53.9 Å². The summed E-state index contributed by atoms with van der Waals surface area (Å²) in [6.45, 7) is -0.168. The minimum absolute atomic E-state index is 0.168. The summed E-state index contributed by atoms with van der Waals surface area (Å²) in [4.78, 5) is 19.8. The lowest BCUT2D eigenvalue weighted by atomic mass is 10.0. The smallest absolute Gasteiger partial charge is 0.254 e. The molecule has 4 aromatic rings. The van der Waals surface area contributed by atoms with Crippen LogP contribution in [0.2, 0.25) is 0 Å². The molecule has 0 aliphatic carbocycles. The highest BCUT2D eigenvalue weighted by Crippen LogP contribution is 2.19. The number of aliphatic hydroxyl groups is 1. The molecule has 0 saturated heterocycles. The third-order valence-corrected chi connectivity index (χ3v) is 4.16. The summed E-state index contributed by atoms with van der Waals surface area (Å²) in [6, 6.07) is 9.09. The van der Waals surface area contributed by atoms with Crippen molar-refractivity contribution in [3.8, 4) is 0 Å². The average molecular weight is 336 g/mol. The van der Waals surface area contributed by atoms with Gasteiger partial charge in [-0.1, -0.05) is 18.2 Å². The van der Waals surface area contributed by atoms with Crippen molar-refractivity contribution in [3.63, 3.8) is 0 Å². The molecule has 4 N–H and O–H groups in total. The van der Waals surface area contributed by atoms with Crippen molar-refractivity contribution in [2.45, 2.75) is 12.5 Å². The maximum absolute atomic E-state index is 12.6. The number of pyridine rings is 1. The zero-order valence-corrected chi connectivity index (χ0v) is 13.2. The summed E-state index contributed by atoms with van der Waals surface area (Å²) in [5, 5.41) is 23.9. The predicted octanol–water partition coefficient (Wildman–Crippen LogP) is 1.17. The van der Waals surface area contributed by atoms with E-state index in [-0.39, 0.29) is 12.5 Å². The average Bonchev–Trinajstić information content (AvgIpc) is 3.27. The predicted molar refractivity (Wildman–Crippen MR) is 92.0 cm³/mol. The van der Waals surface area contributed by atoms with E-state index < -0.39 is 6.04 Å². The number of fused-ring (bicyclic) bond motifs is 2. The van der Waals surface area contributed by atoms with E-state index in [1.807, 2.05) is 30.5 Å². The standard InChI is InChI=1S/C17H16N6O2/c24-9-11(7-10-8-19-14-4-2-1-3-12(10)14)20-17(25)13-5-6-18-16-15(13)21-23-22-16/h1-6,8,11,19,24H,7,9H2,(H,20,25)(H,18,21,22,23). The minimum atomic E-state index is -0.415. The Balaban J connectivity index is 1.55. The van der Waals surface area contributed by atoms with Gasteiger partial charge in [-0.15, -0.1) is 5.10 Å². The van der Waals surface area contributed by atoms with Gasteiger partial charge in [0.1, 0.15) is 5.52 Å². The van der Waals surface area contributed by atoms with Gasteiger partial charge in [-0.2, -0.15) is 10.3 Å². The van der Waals surface area contributed by atoms with Gasteiger partial charge in [0.25, 0.3) is 5.91 Å². The quantitative estimate of drug-likeness (QED) is 0.436. The van der Waals surface area contributed by atoms with Crippen LogP contribution < -0.4 is 5.32 Å². The molecule has 3 aromatic heterocycles. The van der Waals surface area contributed by atoms with Gasteiger partial charge in [0, 0.05) is 23.3 Å². The molecule has 1 amide bonds. The van der Waals surface area contributed by atoms with Gasteiger partial charge in [0.2, 0.25) is 5.65 Å². The monoisotopic (exact) mass is 336 g/mol. The van der Waals surface area contributed by atoms with Crippen molar-refractivity contribution in [2.24, 2.45) is 0 Å². The van der Waals surface area contributed by atoms with Crippen LogP contribution in [0.4, 0.5) is 0 Å². The molecule has 3 heterocycles. The minimum Gasteiger partial charge on any atom is -0.394 e. The number of benzene rings is 1. The van der Waals surface area contributed by atoms with E-state index in [0.717, 1.165) is 16.5 Å². The molecule has 25 heavy (non-hydrogen) atoms. The second-order valence-electron chi connectivity index (χ2n) is 5.77. The number of carbonyl (C=O) groups is 1. The molecule has 0 spiro atoms. The molecule has 1 aromatic carbocycles. The van der Waals surface area contributed by atoms with Crippen LogP contribution in [0, 0.1) is 0 Å². The van der Waals surface area contributed by atoms with Gasteiger partial charge in [0.15, 0.2) is 0 Å². The van der Waals surface area contributed by atoms with Gasteiger partial charge in [-0.05, 0) is 24.1 Å². The molecule has 0 radical (unpaired) electrons. The Morgan fingerprint density at radius 1 is 1.24 bits per heavy atom. The normalized spacial score (nSPS) is 12.5. The molecule has 0 fully saturated rings. The highest BCUT2D eigenvalue weighted by Gasteiger charge is 2.18. The van der Waals surface area contributed by atoms with Crippen LogP contribution in [0.25, 0.3) is 22.1 Å². The molecule has 0 bridgehead atoms. The largest absolute Gasteiger partial charge is 0.394 e. The highest BCUT2D eigenvalue weighted by atomic mass is 16.3. The van der Waals surface area contributed by atoms with Crippen molar-refractivity contribution in [2.75, 3.05) is 6.61 Å². The van der Waals surface area contributed by atoms with Crippen LogP contribution in [-0.2, 0) is 6.42 Å². The molecule has 8 heteroatoms. The fourth-order valence-corrected chi connectivity index (χ4v) is 2.93. The van der Waals surface area contributed by atoms with Gasteiger partial charge >= 0.3 is 0 Å². The third kappa shape index (κ3) is 2.83. The summed E-state index contributed by atoms with van der Waals surface area (Å²) < 4.78 is 0. The first-order valence-electron chi connectivity index (χ1n) is 7.88. The Kier molecular flexibility index (Phi) is 3.87. The molecule has 8 nitrogen and oxygen atoms in total. The van der Waals surface area contributed by atoms with Crippen molar-refractivity contribution >= 4 is 28.0 Å². The summed E-state index contributed by atoms with van der Waals surface area (Å²) in [7, 11) is 0. The number of aromatic amines is 2. The molecular weight excluding hydrogens is 320 g/mol. The number of aromatic nitrogens is 5. The number of H-pyrrole nitrogens is 2. The molecule has 0 aliphatic rings. The van der Waals surface area contributed by atoms with Gasteiger partial charge in [-0.25, -0.2) is 4.98 Å². The number of para-hydroxylation sites is 1. The molecular formula is C17H16N6O2. The Labute approximate surface area is 142 Å². The van der Waals surface area contributed by atoms with E-state index in [4.69, 9.17) is 0 Å². The summed E-state index contributed by atoms with van der Waals surface area (Å²) >= 11 is 0. The Morgan fingerprint density at radius 2 is 2.12 bits per heavy atom. The molecule has 0 aliphatic heterocycles. The zero-order chi connectivity index (χ0) is 17.2. The zero-order valence-electron chi connectivity index (χ0n) is 13.2. The van der Waals surface area contributed by atoms with E-state index in [9.17, 15) is 9.90 Å². The summed E-state index contributed by atoms with van der Waals surface area (Å²) in [5.74, 6) is -0.319. The number of rotatable bonds is 5. The first-order valence-corrected chi connectivity index (χ1v) is 7.88. The number of aliphatic hydroxyl groups excluding tert-OH is 1. The summed E-state index contributed by atoms with van der Waals surface area (Å²) in [6.07, 6.45) is 3.93. The van der Waals surface area contributed by atoms with E-state index in [1.54, 1.807) is 6.07 Å². The lowest BCUT2D eigenvalue weighted by molar-refractivity contribution is 0.0918. The molecule has 126 valence electrons. The second kappa shape index (κ2) is 6.33. The van der Waals surface area contributed by atoms with E-state index in [0.29, 0.717) is 23.1 Å². The van der Waals surface area contributed by atoms with Crippen LogP contribution in [0.5, 0.6) is 0 Å². The van der Waals surface area contributed by atoms with Gasteiger partial charge < -0.3 is 15.4 Å². The first kappa shape index (κ1) is 15.3. The van der Waals surface area contributed by atoms with E-state index in [1.165, 1.54) is 6.20 Å². The fraction of sp³-hybridized carbons (Fsp3) is 0.176. The molecule has 1 unspecified atom stereocenters. The van der Waals surface area contributed by atoms with Gasteiger partial charge in [0.05, 0.1) is 18.2 Å². The number of hydrogen-bond acceptors (Lipinski definition) is 5. The Hall–Kier alpha value is -3.26. The number of nitrogens with zero attached hydrogens (tertiary/aromatic N) is 3. The molecule has 0 saturated carbocycles. The maximum Gasteiger partial charge on any atom is 0.254 e. The Morgan fingerprint density at radius 3 is 3.00 bits per heavy atom. The van der Waals surface area contributed by atoms with Crippen LogP contribution >= 0.6 is 0 Å². The van der Waals surface area contributed by atoms with Crippen molar-refractivity contribution in [1.29, 1.82) is 0 Å². The van der Waals surface area contributed by atoms with E-state index in [2.05, 4.69) is 30.7 Å². The summed E-state index contributed by atoms with van der Waals surface area (Å²) in [5.41, 5.74) is 3.22. The number of amides is 1. The lowest BCUT2D eigenvalue weighted by Crippen LogP contribution is -2.39. The number of nitrogens with one attached hydrogen (secondary N) is 3. The SMILES string of the molecule is O=C(NC(CO)Cc1c[nH]c2ccccc12)c1ccnc2n[nH]nc12. The van der Waals surface area contributed by atoms with Crippen LogP contribution in [0.15, 0.2) is 42.7 Å². The van der Waals surface area contributed by atoms with Crippen LogP contribution in [0.3, 0.4) is 0 Å². The van der Waals surface area contributed by atoms with Crippen molar-refractivity contribution < 1.29 is 9.90 Å². The van der Waals surface area contributed by atoms with Gasteiger partial charge in [-0.3, -0.25) is 4.79 Å². The first-order chi connectivity index (χ1) is 12.3. The maximum atomic E-state index is 12.6. The number of hydrogen-bond donors (Lipinski definition) is 4. The molecule has 1 atom stereocenters. The molecule has 4 rings (SSSR count). The highest BCUT2D eigenvalue weighted by molar-refractivity contribution is 6.03. The lowest BCUT2D eigenvalue weighted by Gasteiger charge is -2.16. The number of carbonyl (C=O) groups excluding carboxylic acids is 1. The second-order valence-corrected chi connectivity index (χ2v) is 5.77. The van der Waals surface area contributed by atoms with Crippen molar-refractivity contribution in [1.82, 2.24) is 30.7 Å².